The Morgan fingerprint density at radius 2 is 1.30 bits per heavy atom. The predicted molar refractivity (Wildman–Crippen MR) is 88.0 cm³/mol. The standard InChI is InChI=1S/C18H38NO/c1-4-5-6-7-8-9-10-11-12-13-15-19(2,3)16-14-18-17-20-18/h18H,4-17H2,1-3H3/q+1. The lowest BCUT2D eigenvalue weighted by Crippen LogP contribution is -2.41. The van der Waals surface area contributed by atoms with E-state index in [1.807, 2.05) is 0 Å². The summed E-state index contributed by atoms with van der Waals surface area (Å²) in [5.41, 5.74) is 0. The van der Waals surface area contributed by atoms with Crippen LogP contribution in [0.5, 0.6) is 0 Å². The molecule has 1 atom stereocenters. The molecule has 0 spiro atoms. The first kappa shape index (κ1) is 18.0. The molecule has 0 aromatic heterocycles. The van der Waals surface area contributed by atoms with E-state index in [2.05, 4.69) is 21.0 Å². The minimum atomic E-state index is 0.597. The first-order valence-electron chi connectivity index (χ1n) is 9.07. The van der Waals surface area contributed by atoms with E-state index in [1.165, 1.54) is 88.2 Å². The topological polar surface area (TPSA) is 12.5 Å². The van der Waals surface area contributed by atoms with Crippen molar-refractivity contribution >= 4 is 0 Å². The third-order valence-corrected chi connectivity index (χ3v) is 4.58. The van der Waals surface area contributed by atoms with Crippen molar-refractivity contribution in [1.82, 2.24) is 0 Å². The van der Waals surface area contributed by atoms with E-state index >= 15 is 0 Å². The molecule has 2 heteroatoms. The van der Waals surface area contributed by atoms with Gasteiger partial charge in [0.25, 0.3) is 0 Å². The first-order chi connectivity index (χ1) is 9.64. The predicted octanol–water partition coefficient (Wildman–Crippen LogP) is 4.77. The molecule has 0 radical (unpaired) electrons. The molecule has 0 saturated carbocycles. The van der Waals surface area contributed by atoms with Crippen LogP contribution in [0.3, 0.4) is 0 Å². The van der Waals surface area contributed by atoms with Crippen molar-refractivity contribution in [3.05, 3.63) is 0 Å². The highest BCUT2D eigenvalue weighted by atomic mass is 16.6. The van der Waals surface area contributed by atoms with Gasteiger partial charge in [0.05, 0.1) is 39.9 Å². The zero-order valence-corrected chi connectivity index (χ0v) is 14.3. The number of quaternary nitrogens is 1. The van der Waals surface area contributed by atoms with Crippen LogP contribution in [0.25, 0.3) is 0 Å². The van der Waals surface area contributed by atoms with Gasteiger partial charge in [0.2, 0.25) is 0 Å². The fourth-order valence-electron chi connectivity index (χ4n) is 2.87. The molecule has 0 aliphatic carbocycles. The summed E-state index contributed by atoms with van der Waals surface area (Å²) in [5.74, 6) is 0. The quantitative estimate of drug-likeness (QED) is 0.254. The number of ether oxygens (including phenoxy) is 1. The molecule has 0 amide bonds. The lowest BCUT2D eigenvalue weighted by molar-refractivity contribution is -0.890. The smallest absolute Gasteiger partial charge is 0.0863 e. The van der Waals surface area contributed by atoms with Gasteiger partial charge < -0.3 is 9.22 Å². The third kappa shape index (κ3) is 10.7. The van der Waals surface area contributed by atoms with E-state index in [1.54, 1.807) is 0 Å². The highest BCUT2D eigenvalue weighted by molar-refractivity contribution is 4.67. The second kappa shape index (κ2) is 10.6. The van der Waals surface area contributed by atoms with Crippen molar-refractivity contribution in [2.45, 2.75) is 83.7 Å². The van der Waals surface area contributed by atoms with Gasteiger partial charge >= 0.3 is 0 Å². The van der Waals surface area contributed by atoms with Gasteiger partial charge in [-0.15, -0.1) is 0 Å². The SMILES string of the molecule is CCCCCCCCCCCC[N+](C)(C)CCC1CO1. The van der Waals surface area contributed by atoms with E-state index in [0.29, 0.717) is 6.10 Å². The zero-order valence-electron chi connectivity index (χ0n) is 14.3. The Morgan fingerprint density at radius 1 is 0.800 bits per heavy atom. The van der Waals surface area contributed by atoms with E-state index in [9.17, 15) is 0 Å². The number of hydrogen-bond donors (Lipinski definition) is 0. The molecular weight excluding hydrogens is 246 g/mol. The van der Waals surface area contributed by atoms with Gasteiger partial charge in [0, 0.05) is 6.42 Å². The van der Waals surface area contributed by atoms with Gasteiger partial charge in [-0.1, -0.05) is 58.3 Å². The second-order valence-corrected chi connectivity index (χ2v) is 7.31. The second-order valence-electron chi connectivity index (χ2n) is 7.31. The molecule has 1 saturated heterocycles. The summed E-state index contributed by atoms with van der Waals surface area (Å²) < 4.78 is 6.48. The summed E-state index contributed by atoms with van der Waals surface area (Å²) in [4.78, 5) is 0. The van der Waals surface area contributed by atoms with Gasteiger partial charge in [0.1, 0.15) is 0 Å². The summed E-state index contributed by atoms with van der Waals surface area (Å²) in [6.07, 6.45) is 16.2. The first-order valence-corrected chi connectivity index (χ1v) is 9.07. The monoisotopic (exact) mass is 284 g/mol. The van der Waals surface area contributed by atoms with Crippen LogP contribution in [0, 0.1) is 0 Å². The molecule has 2 nitrogen and oxygen atoms in total. The van der Waals surface area contributed by atoms with E-state index < -0.39 is 0 Å². The molecule has 1 fully saturated rings. The number of unbranched alkanes of at least 4 members (excludes halogenated alkanes) is 9. The Labute approximate surface area is 127 Å². The van der Waals surface area contributed by atoms with Crippen LogP contribution in [-0.2, 0) is 4.74 Å². The van der Waals surface area contributed by atoms with Crippen molar-refractivity contribution in [2.75, 3.05) is 33.8 Å². The largest absolute Gasteiger partial charge is 0.373 e. The van der Waals surface area contributed by atoms with Gasteiger partial charge in [-0.25, -0.2) is 0 Å². The van der Waals surface area contributed by atoms with Gasteiger partial charge in [-0.05, 0) is 12.8 Å². The molecular formula is C18H38NO+. The minimum absolute atomic E-state index is 0.597. The van der Waals surface area contributed by atoms with Gasteiger partial charge in [0.15, 0.2) is 0 Å². The van der Waals surface area contributed by atoms with E-state index in [4.69, 9.17) is 4.74 Å². The van der Waals surface area contributed by atoms with Crippen LogP contribution in [0.4, 0.5) is 0 Å². The molecule has 1 rings (SSSR count). The molecule has 1 heterocycles. The van der Waals surface area contributed by atoms with E-state index in [-0.39, 0.29) is 0 Å². The fourth-order valence-corrected chi connectivity index (χ4v) is 2.87. The van der Waals surface area contributed by atoms with Crippen molar-refractivity contribution in [2.24, 2.45) is 0 Å². The van der Waals surface area contributed by atoms with Crippen LogP contribution in [0.2, 0.25) is 0 Å². The maximum atomic E-state index is 5.30. The maximum Gasteiger partial charge on any atom is 0.0863 e. The Hall–Kier alpha value is -0.0800. The van der Waals surface area contributed by atoms with Gasteiger partial charge in [-0.2, -0.15) is 0 Å². The highest BCUT2D eigenvalue weighted by Crippen LogP contribution is 2.16. The molecule has 0 aromatic rings. The molecule has 120 valence electrons. The lowest BCUT2D eigenvalue weighted by Gasteiger charge is -2.29. The van der Waals surface area contributed by atoms with E-state index in [0.717, 1.165) is 6.61 Å². The third-order valence-electron chi connectivity index (χ3n) is 4.58. The van der Waals surface area contributed by atoms with Gasteiger partial charge in [-0.3, -0.25) is 0 Å². The van der Waals surface area contributed by atoms with Crippen LogP contribution in [-0.4, -0.2) is 44.4 Å². The summed E-state index contributed by atoms with van der Waals surface area (Å²) in [7, 11) is 4.74. The number of rotatable bonds is 14. The van der Waals surface area contributed by atoms with Crippen LogP contribution in [0.15, 0.2) is 0 Å². The summed E-state index contributed by atoms with van der Waals surface area (Å²) >= 11 is 0. The Morgan fingerprint density at radius 3 is 1.80 bits per heavy atom. The summed E-state index contributed by atoms with van der Waals surface area (Å²) in [6.45, 7) is 5.92. The molecule has 0 bridgehead atoms. The summed E-state index contributed by atoms with van der Waals surface area (Å²) in [5, 5.41) is 0. The zero-order chi connectivity index (χ0) is 14.7. The maximum absolute atomic E-state index is 5.30. The number of hydrogen-bond acceptors (Lipinski definition) is 1. The normalized spacial score (nSPS) is 18.4. The van der Waals surface area contributed by atoms with Crippen molar-refractivity contribution < 1.29 is 9.22 Å². The van der Waals surface area contributed by atoms with Crippen LogP contribution >= 0.6 is 0 Å². The van der Waals surface area contributed by atoms with Crippen molar-refractivity contribution in [3.8, 4) is 0 Å². The van der Waals surface area contributed by atoms with Crippen LogP contribution in [0.1, 0.15) is 77.6 Å². The molecule has 1 aliphatic rings. The molecule has 0 aromatic carbocycles. The molecule has 1 unspecified atom stereocenters. The fraction of sp³-hybridized carbons (Fsp3) is 1.00. The Balaban J connectivity index is 1.80. The van der Waals surface area contributed by atoms with Crippen LogP contribution < -0.4 is 0 Å². The molecule has 0 N–H and O–H groups in total. The average molecular weight is 285 g/mol. The number of epoxide rings is 1. The Kier molecular flexibility index (Phi) is 9.54. The van der Waals surface area contributed by atoms with Crippen molar-refractivity contribution in [3.63, 3.8) is 0 Å². The van der Waals surface area contributed by atoms with Crippen molar-refractivity contribution in [1.29, 1.82) is 0 Å². The lowest BCUT2D eigenvalue weighted by atomic mass is 10.1. The molecule has 20 heavy (non-hydrogen) atoms. The number of nitrogens with zero attached hydrogens (tertiary/aromatic N) is 1. The minimum Gasteiger partial charge on any atom is -0.373 e. The average Bonchev–Trinajstić information content (AvgIpc) is 3.23. The molecule has 1 aliphatic heterocycles. The summed E-state index contributed by atoms with van der Waals surface area (Å²) in [6, 6.07) is 0. The highest BCUT2D eigenvalue weighted by Gasteiger charge is 2.26. The Bertz CT molecular complexity index is 223.